The monoisotopic (exact) mass is 509 g/mol. The molecule has 7 nitrogen and oxygen atoms in total. The first-order chi connectivity index (χ1) is 17.2. The number of fused-ring (bicyclic) bond motifs is 3. The predicted molar refractivity (Wildman–Crippen MR) is 141 cm³/mol. The van der Waals surface area contributed by atoms with Crippen molar-refractivity contribution in [3.8, 4) is 5.75 Å². The molecule has 1 aromatic carbocycles. The van der Waals surface area contributed by atoms with Crippen LogP contribution < -0.4 is 15.4 Å². The summed E-state index contributed by atoms with van der Waals surface area (Å²) < 4.78 is 5.85. The number of pyridine rings is 1. The topological polar surface area (TPSA) is 92.2 Å². The lowest BCUT2D eigenvalue weighted by Gasteiger charge is -2.22. The second kappa shape index (κ2) is 11.3. The first-order valence-electron chi connectivity index (χ1n) is 11.9. The van der Waals surface area contributed by atoms with Crippen LogP contribution in [-0.2, 0) is 19.4 Å². The van der Waals surface area contributed by atoms with E-state index in [1.807, 2.05) is 36.4 Å². The zero-order valence-corrected chi connectivity index (χ0v) is 20.9. The second-order valence-corrected chi connectivity index (χ2v) is 10.1. The predicted octanol–water partition coefficient (Wildman–Crippen LogP) is 5.14. The standard InChI is InChI=1S/C26H28ClN5O2S/c27-21-14-18(5-7-22(21)34-15-19-3-1-2-9-29-19)32-25-24-20-6-4-17(8-10-28-11-12-33)13-23(20)35-26(24)31-16-30-25/h1-3,5,7,9,14,16-17,28,33H,4,6,8,10-13,15H2,(H,30,31,32). The maximum absolute atomic E-state index is 8.95. The minimum atomic E-state index is 0.186. The number of rotatable bonds is 10. The van der Waals surface area contributed by atoms with E-state index in [1.54, 1.807) is 23.9 Å². The highest BCUT2D eigenvalue weighted by Gasteiger charge is 2.25. The van der Waals surface area contributed by atoms with Crippen LogP contribution in [0.1, 0.15) is 29.0 Å². The van der Waals surface area contributed by atoms with Crippen LogP contribution in [0.15, 0.2) is 48.9 Å². The Balaban J connectivity index is 1.29. The smallest absolute Gasteiger partial charge is 0.142 e. The fourth-order valence-electron chi connectivity index (χ4n) is 4.50. The molecule has 1 atom stereocenters. The normalized spacial score (nSPS) is 15.2. The Hall–Kier alpha value is -2.78. The van der Waals surface area contributed by atoms with Gasteiger partial charge in [0.25, 0.3) is 0 Å². The summed E-state index contributed by atoms with van der Waals surface area (Å²) in [5, 5.41) is 17.3. The quantitative estimate of drug-likeness (QED) is 0.255. The number of hydrogen-bond donors (Lipinski definition) is 3. The molecule has 0 saturated carbocycles. The van der Waals surface area contributed by atoms with Gasteiger partial charge in [0.2, 0.25) is 0 Å². The van der Waals surface area contributed by atoms with Crippen LogP contribution in [0.2, 0.25) is 5.02 Å². The van der Waals surface area contributed by atoms with Gasteiger partial charge in [-0.2, -0.15) is 0 Å². The third-order valence-corrected chi connectivity index (χ3v) is 7.72. The van der Waals surface area contributed by atoms with E-state index in [0.29, 0.717) is 29.8 Å². The molecule has 0 amide bonds. The van der Waals surface area contributed by atoms with E-state index in [1.165, 1.54) is 10.4 Å². The number of aromatic nitrogens is 3. The summed E-state index contributed by atoms with van der Waals surface area (Å²) in [5.74, 6) is 2.08. The summed E-state index contributed by atoms with van der Waals surface area (Å²) in [6.07, 6.45) is 7.75. The molecule has 1 aliphatic carbocycles. The highest BCUT2D eigenvalue weighted by atomic mass is 35.5. The molecule has 0 spiro atoms. The van der Waals surface area contributed by atoms with Gasteiger partial charge in [-0.15, -0.1) is 11.3 Å². The summed E-state index contributed by atoms with van der Waals surface area (Å²) in [7, 11) is 0. The van der Waals surface area contributed by atoms with Crippen molar-refractivity contribution in [2.45, 2.75) is 32.3 Å². The fourth-order valence-corrected chi connectivity index (χ4v) is 6.03. The number of aryl methyl sites for hydroxylation is 1. The zero-order chi connectivity index (χ0) is 24.0. The van der Waals surface area contributed by atoms with Gasteiger partial charge >= 0.3 is 0 Å². The first kappa shape index (κ1) is 23.9. The van der Waals surface area contributed by atoms with Crippen molar-refractivity contribution in [3.05, 3.63) is 70.1 Å². The lowest BCUT2D eigenvalue weighted by molar-refractivity contribution is 0.289. The average molecular weight is 510 g/mol. The van der Waals surface area contributed by atoms with Gasteiger partial charge in [-0.25, -0.2) is 9.97 Å². The van der Waals surface area contributed by atoms with Crippen molar-refractivity contribution < 1.29 is 9.84 Å². The first-order valence-corrected chi connectivity index (χ1v) is 13.1. The van der Waals surface area contributed by atoms with Gasteiger partial charge in [-0.05, 0) is 74.0 Å². The fraction of sp³-hybridized carbons (Fsp3) is 0.346. The van der Waals surface area contributed by atoms with E-state index >= 15 is 0 Å². The van der Waals surface area contributed by atoms with Gasteiger partial charge in [0.05, 0.1) is 22.7 Å². The Morgan fingerprint density at radius 2 is 2.09 bits per heavy atom. The minimum absolute atomic E-state index is 0.186. The van der Waals surface area contributed by atoms with Crippen LogP contribution >= 0.6 is 22.9 Å². The summed E-state index contributed by atoms with van der Waals surface area (Å²) in [4.78, 5) is 15.8. The van der Waals surface area contributed by atoms with Crippen molar-refractivity contribution in [2.75, 3.05) is 25.0 Å². The molecule has 3 heterocycles. The number of halogens is 1. The van der Waals surface area contributed by atoms with Crippen LogP contribution in [0, 0.1) is 5.92 Å². The van der Waals surface area contributed by atoms with Gasteiger partial charge < -0.3 is 20.5 Å². The molecule has 0 saturated heterocycles. The Kier molecular flexibility index (Phi) is 7.73. The lowest BCUT2D eigenvalue weighted by Crippen LogP contribution is -2.23. The second-order valence-electron chi connectivity index (χ2n) is 8.66. The number of aliphatic hydroxyl groups is 1. The SMILES string of the molecule is OCCNCCC1CCc2c(sc3ncnc(Nc4ccc(OCc5ccccn5)c(Cl)c4)c23)C1. The Morgan fingerprint density at radius 1 is 1.14 bits per heavy atom. The van der Waals surface area contributed by atoms with E-state index in [-0.39, 0.29) is 6.61 Å². The maximum atomic E-state index is 8.95. The molecule has 3 N–H and O–H groups in total. The number of nitrogens with zero attached hydrogens (tertiary/aromatic N) is 3. The molecule has 0 fully saturated rings. The molecule has 0 aliphatic heterocycles. The molecule has 35 heavy (non-hydrogen) atoms. The maximum Gasteiger partial charge on any atom is 0.142 e. The Morgan fingerprint density at radius 3 is 2.91 bits per heavy atom. The molecule has 0 bridgehead atoms. The molecule has 182 valence electrons. The van der Waals surface area contributed by atoms with Crippen molar-refractivity contribution in [1.82, 2.24) is 20.3 Å². The third kappa shape index (κ3) is 5.73. The Labute approximate surface area is 213 Å². The van der Waals surface area contributed by atoms with Gasteiger partial charge in [0.15, 0.2) is 0 Å². The zero-order valence-electron chi connectivity index (χ0n) is 19.3. The van der Waals surface area contributed by atoms with Crippen molar-refractivity contribution in [3.63, 3.8) is 0 Å². The van der Waals surface area contributed by atoms with Crippen molar-refractivity contribution in [2.24, 2.45) is 5.92 Å². The number of nitrogens with one attached hydrogen (secondary N) is 2. The molecule has 4 aromatic rings. The minimum Gasteiger partial charge on any atom is -0.486 e. The molecule has 5 rings (SSSR count). The van der Waals surface area contributed by atoms with E-state index in [4.69, 9.17) is 21.4 Å². The van der Waals surface area contributed by atoms with Gasteiger partial charge in [0, 0.05) is 23.3 Å². The average Bonchev–Trinajstić information content (AvgIpc) is 3.25. The van der Waals surface area contributed by atoms with Crippen molar-refractivity contribution in [1.29, 1.82) is 0 Å². The molecule has 9 heteroatoms. The number of hydrogen-bond acceptors (Lipinski definition) is 8. The molecule has 3 aromatic heterocycles. The summed E-state index contributed by atoms with van der Waals surface area (Å²) in [6, 6.07) is 11.4. The summed E-state index contributed by atoms with van der Waals surface area (Å²) in [5.41, 5.74) is 3.07. The largest absolute Gasteiger partial charge is 0.486 e. The lowest BCUT2D eigenvalue weighted by atomic mass is 9.86. The van der Waals surface area contributed by atoms with Gasteiger partial charge in [-0.3, -0.25) is 4.98 Å². The number of aliphatic hydroxyl groups excluding tert-OH is 1. The number of thiophene rings is 1. The van der Waals surface area contributed by atoms with Crippen LogP contribution in [0.25, 0.3) is 10.2 Å². The molecular formula is C26H28ClN5O2S. The van der Waals surface area contributed by atoms with Crippen LogP contribution in [0.5, 0.6) is 5.75 Å². The third-order valence-electron chi connectivity index (χ3n) is 6.26. The van der Waals surface area contributed by atoms with E-state index < -0.39 is 0 Å². The molecule has 0 radical (unpaired) electrons. The van der Waals surface area contributed by atoms with Crippen LogP contribution in [0.4, 0.5) is 11.5 Å². The van der Waals surface area contributed by atoms with E-state index in [9.17, 15) is 0 Å². The summed E-state index contributed by atoms with van der Waals surface area (Å²) >= 11 is 8.30. The van der Waals surface area contributed by atoms with Crippen molar-refractivity contribution >= 4 is 44.7 Å². The Bertz CT molecular complexity index is 1280. The highest BCUT2D eigenvalue weighted by Crippen LogP contribution is 2.41. The van der Waals surface area contributed by atoms with E-state index in [0.717, 1.165) is 59.6 Å². The number of anilines is 2. The highest BCUT2D eigenvalue weighted by molar-refractivity contribution is 7.19. The molecule has 1 unspecified atom stereocenters. The van der Waals surface area contributed by atoms with Gasteiger partial charge in [0.1, 0.15) is 29.3 Å². The molecule has 1 aliphatic rings. The summed E-state index contributed by atoms with van der Waals surface area (Å²) in [6.45, 7) is 2.15. The number of ether oxygens (including phenoxy) is 1. The number of benzene rings is 1. The van der Waals surface area contributed by atoms with Crippen LogP contribution in [-0.4, -0.2) is 39.8 Å². The van der Waals surface area contributed by atoms with Gasteiger partial charge in [-0.1, -0.05) is 17.7 Å². The van der Waals surface area contributed by atoms with E-state index in [2.05, 4.69) is 25.6 Å². The molecular weight excluding hydrogens is 482 g/mol. The van der Waals surface area contributed by atoms with Crippen LogP contribution in [0.3, 0.4) is 0 Å².